The van der Waals surface area contributed by atoms with Crippen LogP contribution in [0.25, 0.3) is 44.5 Å². The number of anilines is 3. The van der Waals surface area contributed by atoms with Crippen LogP contribution in [0.2, 0.25) is 0 Å². The largest absolute Gasteiger partial charge is 0.310 e. The van der Waals surface area contributed by atoms with Gasteiger partial charge < -0.3 is 4.90 Å². The van der Waals surface area contributed by atoms with Crippen LogP contribution >= 0.6 is 0 Å². The second-order valence-corrected chi connectivity index (χ2v) is 16.6. The van der Waals surface area contributed by atoms with Gasteiger partial charge in [-0.25, -0.2) is 0 Å². The van der Waals surface area contributed by atoms with Gasteiger partial charge in [-0.1, -0.05) is 173 Å². The lowest BCUT2D eigenvalue weighted by molar-refractivity contribution is 0.660. The number of benzene rings is 8. The molecule has 0 aromatic heterocycles. The summed E-state index contributed by atoms with van der Waals surface area (Å²) < 4.78 is 0. The molecule has 11 rings (SSSR count). The van der Waals surface area contributed by atoms with E-state index in [-0.39, 0.29) is 10.8 Å². The third kappa shape index (κ3) is 4.43. The zero-order valence-corrected chi connectivity index (χ0v) is 32.3. The summed E-state index contributed by atoms with van der Waals surface area (Å²) in [5, 5.41) is 0. The quantitative estimate of drug-likeness (QED) is 0.171. The fourth-order valence-corrected chi connectivity index (χ4v) is 10.6. The smallest absolute Gasteiger partial charge is 0.0725 e. The van der Waals surface area contributed by atoms with Crippen molar-refractivity contribution in [1.82, 2.24) is 0 Å². The van der Waals surface area contributed by atoms with Crippen LogP contribution in [-0.4, -0.2) is 0 Å². The minimum atomic E-state index is -0.364. The summed E-state index contributed by atoms with van der Waals surface area (Å²) in [6.45, 7) is 9.30. The summed E-state index contributed by atoms with van der Waals surface area (Å²) in [5.41, 5.74) is 23.1. The molecule has 0 heterocycles. The van der Waals surface area contributed by atoms with Gasteiger partial charge in [0.1, 0.15) is 0 Å². The van der Waals surface area contributed by atoms with E-state index >= 15 is 0 Å². The van der Waals surface area contributed by atoms with Crippen LogP contribution in [-0.2, 0) is 10.8 Å². The minimum absolute atomic E-state index is 0.107. The summed E-state index contributed by atoms with van der Waals surface area (Å²) >= 11 is 0. The van der Waals surface area contributed by atoms with Gasteiger partial charge in [0.2, 0.25) is 0 Å². The number of fused-ring (bicyclic) bond motifs is 13. The third-order valence-electron chi connectivity index (χ3n) is 13.1. The molecule has 3 aliphatic carbocycles. The summed E-state index contributed by atoms with van der Waals surface area (Å²) in [4.78, 5) is 2.47. The molecular weight excluding hydrogens is 675 g/mol. The second-order valence-electron chi connectivity index (χ2n) is 16.6. The third-order valence-corrected chi connectivity index (χ3v) is 13.1. The summed E-state index contributed by atoms with van der Waals surface area (Å²) in [6, 6.07) is 68.6. The van der Waals surface area contributed by atoms with E-state index in [1.54, 1.807) is 0 Å². The molecule has 0 aliphatic heterocycles. The van der Waals surface area contributed by atoms with Crippen LogP contribution in [0, 0.1) is 0 Å². The van der Waals surface area contributed by atoms with Gasteiger partial charge in [0.15, 0.2) is 0 Å². The number of hydrogen-bond donors (Lipinski definition) is 0. The minimum Gasteiger partial charge on any atom is -0.310 e. The highest BCUT2D eigenvalue weighted by Crippen LogP contribution is 2.63. The fourth-order valence-electron chi connectivity index (χ4n) is 10.6. The predicted octanol–water partition coefficient (Wildman–Crippen LogP) is 14.6. The van der Waals surface area contributed by atoms with Crippen molar-refractivity contribution in [2.45, 2.75) is 44.4 Å². The van der Waals surface area contributed by atoms with Gasteiger partial charge in [0.25, 0.3) is 0 Å². The molecule has 0 amide bonds. The summed E-state index contributed by atoms with van der Waals surface area (Å²) in [6.07, 6.45) is 0. The fraction of sp³-hybridized carbons (Fsp3) is 0.127. The van der Waals surface area contributed by atoms with Crippen molar-refractivity contribution in [2.24, 2.45) is 0 Å². The SMILES string of the molecule is CC(C)c1ccccc1-c1ccc(N(c2ccc3c(c2)-c2ccccc2C32c3ccccc3-c3ccccc32)c2ccc3c(c2)C(C)(C)c2ccccc2-3)cc1. The van der Waals surface area contributed by atoms with E-state index in [9.17, 15) is 0 Å². The molecule has 3 aliphatic rings. The molecule has 0 saturated heterocycles. The Labute approximate surface area is 330 Å². The van der Waals surface area contributed by atoms with E-state index in [1.807, 2.05) is 0 Å². The molecule has 56 heavy (non-hydrogen) atoms. The topological polar surface area (TPSA) is 3.24 Å². The average Bonchev–Trinajstić information content (AvgIpc) is 3.80. The molecule has 268 valence electrons. The van der Waals surface area contributed by atoms with Gasteiger partial charge in [0, 0.05) is 22.5 Å². The molecule has 0 radical (unpaired) electrons. The lowest BCUT2D eigenvalue weighted by Crippen LogP contribution is -2.25. The van der Waals surface area contributed by atoms with Crippen molar-refractivity contribution in [2.75, 3.05) is 4.90 Å². The molecule has 0 saturated carbocycles. The van der Waals surface area contributed by atoms with E-state index in [4.69, 9.17) is 0 Å². The molecule has 0 fully saturated rings. The Morgan fingerprint density at radius 2 is 0.786 bits per heavy atom. The number of rotatable bonds is 5. The zero-order valence-electron chi connectivity index (χ0n) is 32.3. The number of nitrogens with zero attached hydrogens (tertiary/aromatic N) is 1. The molecule has 1 nitrogen and oxygen atoms in total. The van der Waals surface area contributed by atoms with Crippen molar-refractivity contribution in [3.05, 3.63) is 221 Å². The highest BCUT2D eigenvalue weighted by molar-refractivity contribution is 5.97. The first kappa shape index (κ1) is 32.9. The molecule has 0 bridgehead atoms. The van der Waals surface area contributed by atoms with Crippen molar-refractivity contribution in [1.29, 1.82) is 0 Å². The van der Waals surface area contributed by atoms with Gasteiger partial charge in [-0.15, -0.1) is 0 Å². The molecular formula is C55H43N. The Balaban J connectivity index is 1.12. The Kier molecular flexibility index (Phi) is 7.08. The van der Waals surface area contributed by atoms with E-state index < -0.39 is 0 Å². The molecule has 8 aromatic rings. The van der Waals surface area contributed by atoms with Gasteiger partial charge in [0.05, 0.1) is 5.41 Å². The lowest BCUT2D eigenvalue weighted by atomic mass is 9.70. The molecule has 8 aromatic carbocycles. The van der Waals surface area contributed by atoms with Crippen LogP contribution in [0.3, 0.4) is 0 Å². The van der Waals surface area contributed by atoms with Crippen LogP contribution in [0.15, 0.2) is 182 Å². The summed E-state index contributed by atoms with van der Waals surface area (Å²) in [7, 11) is 0. The highest BCUT2D eigenvalue weighted by atomic mass is 15.1. The van der Waals surface area contributed by atoms with E-state index in [2.05, 4.69) is 215 Å². The van der Waals surface area contributed by atoms with Crippen LogP contribution in [0.1, 0.15) is 72.6 Å². The maximum Gasteiger partial charge on any atom is 0.0725 e. The first-order valence-corrected chi connectivity index (χ1v) is 20.0. The van der Waals surface area contributed by atoms with E-state index in [0.717, 1.165) is 17.1 Å². The highest BCUT2D eigenvalue weighted by Gasteiger charge is 2.51. The van der Waals surface area contributed by atoms with Crippen molar-refractivity contribution in [3.63, 3.8) is 0 Å². The summed E-state index contributed by atoms with van der Waals surface area (Å²) in [5.74, 6) is 0.442. The Morgan fingerprint density at radius 1 is 0.357 bits per heavy atom. The first-order valence-electron chi connectivity index (χ1n) is 20.0. The zero-order chi connectivity index (χ0) is 37.8. The van der Waals surface area contributed by atoms with Crippen molar-refractivity contribution >= 4 is 17.1 Å². The number of hydrogen-bond acceptors (Lipinski definition) is 1. The Morgan fingerprint density at radius 3 is 1.39 bits per heavy atom. The van der Waals surface area contributed by atoms with Gasteiger partial charge in [-0.3, -0.25) is 0 Å². The monoisotopic (exact) mass is 717 g/mol. The Bertz CT molecular complexity index is 2830. The first-order chi connectivity index (χ1) is 27.4. The maximum absolute atomic E-state index is 2.47. The van der Waals surface area contributed by atoms with Crippen molar-refractivity contribution in [3.8, 4) is 44.5 Å². The maximum atomic E-state index is 2.47. The average molecular weight is 718 g/mol. The molecule has 0 atom stereocenters. The van der Waals surface area contributed by atoms with Gasteiger partial charge in [-0.2, -0.15) is 0 Å². The van der Waals surface area contributed by atoms with Crippen LogP contribution in [0.5, 0.6) is 0 Å². The normalized spacial score (nSPS) is 14.5. The van der Waals surface area contributed by atoms with Crippen molar-refractivity contribution < 1.29 is 0 Å². The standard InChI is InChI=1S/C55H43N/c1-35(2)40-15-5-6-16-41(40)36-25-27-37(28-26-36)56(39-29-31-46-42-17-7-11-21-48(42)54(3,4)53(46)34-39)38-30-32-52-47(33-38)45-20-10-14-24-51(45)55(52)49-22-12-8-18-43(49)44-19-9-13-23-50(44)55/h5-35H,1-4H3. The molecule has 1 spiro atoms. The van der Waals surface area contributed by atoms with Crippen LogP contribution in [0.4, 0.5) is 17.1 Å². The lowest BCUT2D eigenvalue weighted by Gasteiger charge is -2.31. The van der Waals surface area contributed by atoms with Crippen LogP contribution < -0.4 is 4.90 Å². The van der Waals surface area contributed by atoms with E-state index in [1.165, 1.54) is 83.5 Å². The van der Waals surface area contributed by atoms with E-state index in [0.29, 0.717) is 5.92 Å². The van der Waals surface area contributed by atoms with Gasteiger partial charge in [-0.05, 0) is 126 Å². The Hall–Kier alpha value is -6.44. The predicted molar refractivity (Wildman–Crippen MR) is 235 cm³/mol. The molecule has 1 heteroatoms. The molecule has 0 unspecified atom stereocenters. The molecule has 0 N–H and O–H groups in total. The second kappa shape index (κ2) is 12.0. The van der Waals surface area contributed by atoms with Gasteiger partial charge >= 0.3 is 0 Å².